The van der Waals surface area contributed by atoms with Crippen LogP contribution in [0.15, 0.2) is 60.7 Å². The van der Waals surface area contributed by atoms with Gasteiger partial charge in [0.2, 0.25) is 0 Å². The van der Waals surface area contributed by atoms with Gasteiger partial charge in [-0.1, -0.05) is 106 Å². The molecule has 0 saturated heterocycles. The van der Waals surface area contributed by atoms with Crippen LogP contribution < -0.4 is 0 Å². The molecule has 0 aromatic heterocycles. The minimum Gasteiger partial charge on any atom is -0.466 e. The fourth-order valence-corrected chi connectivity index (χ4v) is 5.85. The minimum absolute atomic E-state index is 0.0184. The second-order valence-corrected chi connectivity index (χ2v) is 11.6. The van der Waals surface area contributed by atoms with Crippen LogP contribution in [0, 0.1) is 0 Å². The van der Waals surface area contributed by atoms with E-state index in [9.17, 15) is 4.79 Å². The quantitative estimate of drug-likeness (QED) is 0.105. The predicted molar refractivity (Wildman–Crippen MR) is 169 cm³/mol. The highest BCUT2D eigenvalue weighted by molar-refractivity contribution is 5.69. The monoisotopic (exact) mass is 581 g/mol. The lowest BCUT2D eigenvalue weighted by atomic mass is 10.1. The first-order valence-corrected chi connectivity index (χ1v) is 16.4. The summed E-state index contributed by atoms with van der Waals surface area (Å²) in [5, 5.41) is 0. The summed E-state index contributed by atoms with van der Waals surface area (Å²) in [7, 11) is 2.21. The number of carbonyl (C=O) groups excluding carboxylic acids is 1. The molecular weight excluding hydrogens is 526 g/mol. The average Bonchev–Trinajstić information content (AvgIpc) is 3.36. The van der Waals surface area contributed by atoms with Crippen molar-refractivity contribution in [2.45, 2.75) is 122 Å². The van der Waals surface area contributed by atoms with Crippen LogP contribution >= 0.6 is 0 Å². The summed E-state index contributed by atoms with van der Waals surface area (Å²) in [6, 6.07) is 20.9. The third kappa shape index (κ3) is 12.5. The fourth-order valence-electron chi connectivity index (χ4n) is 5.85. The van der Waals surface area contributed by atoms with Crippen molar-refractivity contribution in [2.24, 2.45) is 0 Å². The number of esters is 1. The number of nitrogens with zero attached hydrogens (tertiary/aromatic N) is 1. The van der Waals surface area contributed by atoms with Gasteiger partial charge in [0.15, 0.2) is 0 Å². The molecule has 0 N–H and O–H groups in total. The highest BCUT2D eigenvalue weighted by atomic mass is 16.6. The third-order valence-electron chi connectivity index (χ3n) is 8.18. The second-order valence-electron chi connectivity index (χ2n) is 11.6. The summed E-state index contributed by atoms with van der Waals surface area (Å²) in [6.45, 7) is 7.42. The van der Waals surface area contributed by atoms with Gasteiger partial charge in [-0.25, -0.2) is 0 Å². The zero-order valence-electron chi connectivity index (χ0n) is 26.4. The summed E-state index contributed by atoms with van der Waals surface area (Å²) in [5.41, 5.74) is 2.36. The molecular formula is C36H55NO5. The lowest BCUT2D eigenvalue weighted by molar-refractivity contribution is -0.143. The van der Waals surface area contributed by atoms with E-state index in [1.54, 1.807) is 0 Å². The fraction of sp³-hybridized carbons (Fsp3) is 0.639. The lowest BCUT2D eigenvalue weighted by Gasteiger charge is -2.34. The van der Waals surface area contributed by atoms with Crippen LogP contribution in [0.1, 0.15) is 95.6 Å². The van der Waals surface area contributed by atoms with Crippen molar-refractivity contribution in [1.29, 1.82) is 0 Å². The number of rotatable bonds is 22. The van der Waals surface area contributed by atoms with Crippen LogP contribution in [0.5, 0.6) is 0 Å². The summed E-state index contributed by atoms with van der Waals surface area (Å²) in [5.74, 6) is -0.0878. The van der Waals surface area contributed by atoms with E-state index in [1.807, 2.05) is 19.1 Å². The molecule has 234 valence electrons. The SMILES string of the molecule is CCCCCCCOC1C(OCc2ccccc2)CC(OCc2ccccc2)C1N(C)CCCCCCC(=O)OCC. The van der Waals surface area contributed by atoms with Gasteiger partial charge in [-0.05, 0) is 50.9 Å². The highest BCUT2D eigenvalue weighted by Crippen LogP contribution is 2.33. The molecule has 1 saturated carbocycles. The van der Waals surface area contributed by atoms with Gasteiger partial charge >= 0.3 is 5.97 Å². The molecule has 2 aromatic carbocycles. The number of carbonyl (C=O) groups is 1. The second kappa shape index (κ2) is 20.6. The van der Waals surface area contributed by atoms with Crippen molar-refractivity contribution in [1.82, 2.24) is 4.90 Å². The van der Waals surface area contributed by atoms with E-state index in [-0.39, 0.29) is 30.3 Å². The highest BCUT2D eigenvalue weighted by Gasteiger charge is 2.47. The summed E-state index contributed by atoms with van der Waals surface area (Å²) in [4.78, 5) is 14.1. The van der Waals surface area contributed by atoms with Gasteiger partial charge in [0.05, 0.1) is 38.1 Å². The molecule has 0 bridgehead atoms. The summed E-state index contributed by atoms with van der Waals surface area (Å²) >= 11 is 0. The van der Waals surface area contributed by atoms with E-state index < -0.39 is 0 Å². The van der Waals surface area contributed by atoms with E-state index in [0.29, 0.717) is 26.2 Å². The maximum Gasteiger partial charge on any atom is 0.305 e. The third-order valence-corrected chi connectivity index (χ3v) is 8.18. The van der Waals surface area contributed by atoms with Gasteiger partial charge in [0.1, 0.15) is 6.10 Å². The van der Waals surface area contributed by atoms with Crippen molar-refractivity contribution < 1.29 is 23.7 Å². The summed E-state index contributed by atoms with van der Waals surface area (Å²) < 4.78 is 25.0. The smallest absolute Gasteiger partial charge is 0.305 e. The van der Waals surface area contributed by atoms with Gasteiger partial charge in [-0.2, -0.15) is 0 Å². The maximum atomic E-state index is 11.7. The van der Waals surface area contributed by atoms with E-state index in [0.717, 1.165) is 51.7 Å². The molecule has 2 aromatic rings. The molecule has 42 heavy (non-hydrogen) atoms. The summed E-state index contributed by atoms with van der Waals surface area (Å²) in [6.07, 6.45) is 11.4. The first kappa shape index (κ1) is 34.2. The van der Waals surface area contributed by atoms with E-state index in [4.69, 9.17) is 18.9 Å². The average molecular weight is 582 g/mol. The van der Waals surface area contributed by atoms with Crippen LogP contribution in [0.25, 0.3) is 0 Å². The Bertz CT molecular complexity index is 956. The Kier molecular flexibility index (Phi) is 16.8. The van der Waals surface area contributed by atoms with Crippen molar-refractivity contribution in [3.63, 3.8) is 0 Å². The van der Waals surface area contributed by atoms with Crippen LogP contribution in [0.4, 0.5) is 0 Å². The van der Waals surface area contributed by atoms with E-state index >= 15 is 0 Å². The maximum absolute atomic E-state index is 11.7. The Morgan fingerprint density at radius 1 is 0.738 bits per heavy atom. The lowest BCUT2D eigenvalue weighted by Crippen LogP contribution is -2.48. The number of likely N-dealkylation sites (N-methyl/N-ethyl adjacent to an activating group) is 1. The van der Waals surface area contributed by atoms with Crippen molar-refractivity contribution in [2.75, 3.05) is 26.8 Å². The normalized spacial score (nSPS) is 20.3. The van der Waals surface area contributed by atoms with Gasteiger partial charge < -0.3 is 18.9 Å². The van der Waals surface area contributed by atoms with Crippen LogP contribution in [-0.4, -0.2) is 62.0 Å². The molecule has 3 rings (SSSR count). The standard InChI is InChI=1S/C36H55NO5/c1-4-6-7-10-19-26-40-36-33(42-29-31-22-15-12-16-23-31)27-32(41-28-30-20-13-11-14-21-30)35(36)37(3)25-18-9-8-17-24-34(38)39-5-2/h11-16,20-23,32-33,35-36H,4-10,17-19,24-29H2,1-3H3. The van der Waals surface area contributed by atoms with Crippen LogP contribution in [-0.2, 0) is 37.0 Å². The molecule has 1 aliphatic rings. The van der Waals surface area contributed by atoms with Crippen LogP contribution in [0.3, 0.4) is 0 Å². The molecule has 0 heterocycles. The zero-order chi connectivity index (χ0) is 29.8. The molecule has 0 spiro atoms. The zero-order valence-corrected chi connectivity index (χ0v) is 26.4. The molecule has 1 fully saturated rings. The largest absolute Gasteiger partial charge is 0.466 e. The van der Waals surface area contributed by atoms with Gasteiger partial charge in [-0.3, -0.25) is 9.69 Å². The number of benzene rings is 2. The van der Waals surface area contributed by atoms with Crippen LogP contribution in [0.2, 0.25) is 0 Å². The first-order chi connectivity index (χ1) is 20.6. The molecule has 4 atom stereocenters. The van der Waals surface area contributed by atoms with Gasteiger partial charge in [0, 0.05) is 19.4 Å². The molecule has 1 aliphatic carbocycles. The Hall–Kier alpha value is -2.25. The predicted octanol–water partition coefficient (Wildman–Crippen LogP) is 7.73. The number of hydrogen-bond donors (Lipinski definition) is 0. The number of hydrogen-bond acceptors (Lipinski definition) is 6. The number of ether oxygens (including phenoxy) is 4. The molecule has 6 nitrogen and oxygen atoms in total. The van der Waals surface area contributed by atoms with Crippen molar-refractivity contribution in [3.8, 4) is 0 Å². The molecule has 4 unspecified atom stereocenters. The first-order valence-electron chi connectivity index (χ1n) is 16.4. The van der Waals surface area contributed by atoms with Gasteiger partial charge in [-0.15, -0.1) is 0 Å². The molecule has 0 radical (unpaired) electrons. The Labute approximate surface area is 255 Å². The van der Waals surface area contributed by atoms with E-state index in [1.165, 1.54) is 36.8 Å². The van der Waals surface area contributed by atoms with Gasteiger partial charge in [0.25, 0.3) is 0 Å². The Morgan fingerprint density at radius 2 is 1.33 bits per heavy atom. The molecule has 0 amide bonds. The topological polar surface area (TPSA) is 57.2 Å². The molecule has 6 heteroatoms. The Morgan fingerprint density at radius 3 is 1.98 bits per heavy atom. The van der Waals surface area contributed by atoms with Crippen molar-refractivity contribution >= 4 is 5.97 Å². The Balaban J connectivity index is 1.64. The van der Waals surface area contributed by atoms with E-state index in [2.05, 4.69) is 67.4 Å². The van der Waals surface area contributed by atoms with Crippen molar-refractivity contribution in [3.05, 3.63) is 71.8 Å². The molecule has 0 aliphatic heterocycles. The number of unbranched alkanes of at least 4 members (excludes halogenated alkanes) is 7. The minimum atomic E-state index is -0.0878.